The van der Waals surface area contributed by atoms with E-state index < -0.39 is 0 Å². The van der Waals surface area contributed by atoms with Crippen LogP contribution < -0.4 is 4.74 Å². The maximum absolute atomic E-state index is 6.23. The van der Waals surface area contributed by atoms with Gasteiger partial charge in [0.2, 0.25) is 0 Å². The number of halogens is 1. The minimum Gasteiger partial charge on any atom is -0.493 e. The zero-order valence-corrected chi connectivity index (χ0v) is 13.1. The van der Waals surface area contributed by atoms with E-state index in [0.717, 1.165) is 47.8 Å². The molecule has 0 saturated carbocycles. The predicted octanol–water partition coefficient (Wildman–Crippen LogP) is 5.34. The van der Waals surface area contributed by atoms with Gasteiger partial charge in [-0.05, 0) is 42.5 Å². The standard InChI is InChI=1S/C17H23ClO/c1-5-7-8-9-13(3)15-12-16(18)14(4)11-17(15)19-10-6-2/h11-13H,5-6,9-10H2,1-4H3. The lowest BCUT2D eigenvalue weighted by Crippen LogP contribution is -2.02. The molecule has 0 N–H and O–H groups in total. The van der Waals surface area contributed by atoms with Crippen molar-refractivity contribution in [3.05, 3.63) is 28.3 Å². The molecule has 0 radical (unpaired) electrons. The monoisotopic (exact) mass is 278 g/mol. The summed E-state index contributed by atoms with van der Waals surface area (Å²) in [6.45, 7) is 9.09. The summed E-state index contributed by atoms with van der Waals surface area (Å²) >= 11 is 6.23. The Morgan fingerprint density at radius 2 is 2.00 bits per heavy atom. The van der Waals surface area contributed by atoms with Gasteiger partial charge in [-0.1, -0.05) is 32.4 Å². The first kappa shape index (κ1) is 15.9. The molecule has 0 amide bonds. The van der Waals surface area contributed by atoms with Crippen molar-refractivity contribution in [3.63, 3.8) is 0 Å². The van der Waals surface area contributed by atoms with Gasteiger partial charge < -0.3 is 4.74 Å². The SMILES string of the molecule is CCC#CCC(C)c1cc(Cl)c(C)cc1OCCC. The van der Waals surface area contributed by atoms with Crippen molar-refractivity contribution in [2.24, 2.45) is 0 Å². The second kappa shape index (κ2) is 8.12. The van der Waals surface area contributed by atoms with Gasteiger partial charge >= 0.3 is 0 Å². The van der Waals surface area contributed by atoms with Crippen LogP contribution in [0.5, 0.6) is 5.75 Å². The van der Waals surface area contributed by atoms with Crippen molar-refractivity contribution in [1.29, 1.82) is 0 Å². The molecule has 19 heavy (non-hydrogen) atoms. The lowest BCUT2D eigenvalue weighted by molar-refractivity contribution is 0.312. The van der Waals surface area contributed by atoms with E-state index in [1.165, 1.54) is 0 Å². The van der Waals surface area contributed by atoms with Gasteiger partial charge in [0.1, 0.15) is 5.75 Å². The van der Waals surface area contributed by atoms with Gasteiger partial charge in [0.25, 0.3) is 0 Å². The molecule has 0 aromatic heterocycles. The Labute approximate surface area is 122 Å². The quantitative estimate of drug-likeness (QED) is 0.660. The van der Waals surface area contributed by atoms with E-state index >= 15 is 0 Å². The van der Waals surface area contributed by atoms with Gasteiger partial charge in [-0.3, -0.25) is 0 Å². The van der Waals surface area contributed by atoms with Crippen LogP contribution in [0.2, 0.25) is 5.02 Å². The number of benzene rings is 1. The summed E-state index contributed by atoms with van der Waals surface area (Å²) in [7, 11) is 0. The Morgan fingerprint density at radius 1 is 1.26 bits per heavy atom. The van der Waals surface area contributed by atoms with Crippen molar-refractivity contribution in [2.75, 3.05) is 6.61 Å². The van der Waals surface area contributed by atoms with Crippen molar-refractivity contribution >= 4 is 11.6 Å². The molecule has 1 nitrogen and oxygen atoms in total. The molecule has 0 saturated heterocycles. The Kier molecular flexibility index (Phi) is 6.81. The molecule has 0 aliphatic carbocycles. The van der Waals surface area contributed by atoms with E-state index in [4.69, 9.17) is 16.3 Å². The summed E-state index contributed by atoms with van der Waals surface area (Å²) in [6, 6.07) is 4.07. The Hall–Kier alpha value is -1.13. The second-order valence-corrected chi connectivity index (χ2v) is 5.21. The van der Waals surface area contributed by atoms with E-state index in [2.05, 4.69) is 32.6 Å². The van der Waals surface area contributed by atoms with Crippen LogP contribution in [0.4, 0.5) is 0 Å². The highest BCUT2D eigenvalue weighted by Crippen LogP contribution is 2.33. The van der Waals surface area contributed by atoms with Crippen LogP contribution in [0.3, 0.4) is 0 Å². The highest BCUT2D eigenvalue weighted by molar-refractivity contribution is 6.31. The third-order valence-corrected chi connectivity index (χ3v) is 3.40. The number of ether oxygens (including phenoxy) is 1. The van der Waals surface area contributed by atoms with E-state index in [1.54, 1.807) is 0 Å². The zero-order chi connectivity index (χ0) is 14.3. The Balaban J connectivity index is 2.98. The Morgan fingerprint density at radius 3 is 2.63 bits per heavy atom. The summed E-state index contributed by atoms with van der Waals surface area (Å²) in [6.07, 6.45) is 2.75. The maximum atomic E-state index is 6.23. The molecule has 2 heteroatoms. The molecule has 0 aliphatic heterocycles. The lowest BCUT2D eigenvalue weighted by Gasteiger charge is -2.17. The van der Waals surface area contributed by atoms with Crippen LogP contribution in [0.1, 0.15) is 57.1 Å². The average molecular weight is 279 g/mol. The summed E-state index contributed by atoms with van der Waals surface area (Å²) in [5.41, 5.74) is 2.22. The number of hydrogen-bond donors (Lipinski definition) is 0. The van der Waals surface area contributed by atoms with Crippen LogP contribution in [0, 0.1) is 18.8 Å². The second-order valence-electron chi connectivity index (χ2n) is 4.80. The highest BCUT2D eigenvalue weighted by Gasteiger charge is 2.13. The molecule has 0 fully saturated rings. The Bertz CT molecular complexity index is 468. The van der Waals surface area contributed by atoms with Crippen molar-refractivity contribution < 1.29 is 4.74 Å². The fraction of sp³-hybridized carbons (Fsp3) is 0.529. The van der Waals surface area contributed by atoms with Gasteiger partial charge in [-0.2, -0.15) is 0 Å². The van der Waals surface area contributed by atoms with Gasteiger partial charge in [-0.25, -0.2) is 0 Å². The molecule has 1 unspecified atom stereocenters. The van der Waals surface area contributed by atoms with Crippen LogP contribution in [-0.2, 0) is 0 Å². The van der Waals surface area contributed by atoms with E-state index in [-0.39, 0.29) is 0 Å². The van der Waals surface area contributed by atoms with Crippen LogP contribution in [-0.4, -0.2) is 6.61 Å². The molecule has 1 atom stereocenters. The zero-order valence-electron chi connectivity index (χ0n) is 12.3. The maximum Gasteiger partial charge on any atom is 0.123 e. The van der Waals surface area contributed by atoms with Crippen molar-refractivity contribution in [2.45, 2.75) is 52.9 Å². The third-order valence-electron chi connectivity index (χ3n) is 2.99. The van der Waals surface area contributed by atoms with Gasteiger partial charge in [0.15, 0.2) is 0 Å². The highest BCUT2D eigenvalue weighted by atomic mass is 35.5. The molecular weight excluding hydrogens is 256 g/mol. The summed E-state index contributed by atoms with van der Waals surface area (Å²) < 4.78 is 5.84. The van der Waals surface area contributed by atoms with Crippen molar-refractivity contribution in [3.8, 4) is 17.6 Å². The first-order chi connectivity index (χ1) is 9.10. The first-order valence-corrected chi connectivity index (χ1v) is 7.36. The first-order valence-electron chi connectivity index (χ1n) is 6.98. The minimum absolute atomic E-state index is 0.337. The van der Waals surface area contributed by atoms with Gasteiger partial charge in [0, 0.05) is 17.9 Å². The number of aryl methyl sites for hydroxylation is 1. The van der Waals surface area contributed by atoms with E-state index in [1.807, 2.05) is 19.1 Å². The molecule has 1 rings (SSSR count). The number of hydrogen-bond acceptors (Lipinski definition) is 1. The lowest BCUT2D eigenvalue weighted by atomic mass is 9.96. The normalized spacial score (nSPS) is 11.6. The topological polar surface area (TPSA) is 9.23 Å². The average Bonchev–Trinajstić information content (AvgIpc) is 2.39. The molecule has 0 heterocycles. The van der Waals surface area contributed by atoms with Crippen LogP contribution >= 0.6 is 11.6 Å². The fourth-order valence-corrected chi connectivity index (χ4v) is 2.02. The van der Waals surface area contributed by atoms with Gasteiger partial charge in [0.05, 0.1) is 6.61 Å². The van der Waals surface area contributed by atoms with E-state index in [0.29, 0.717) is 5.92 Å². The summed E-state index contributed by atoms with van der Waals surface area (Å²) in [5, 5.41) is 0.800. The minimum atomic E-state index is 0.337. The molecule has 1 aromatic rings. The third kappa shape index (κ3) is 4.80. The molecule has 104 valence electrons. The summed E-state index contributed by atoms with van der Waals surface area (Å²) in [5.74, 6) is 7.61. The fourth-order valence-electron chi connectivity index (χ4n) is 1.85. The molecular formula is C17H23ClO. The van der Waals surface area contributed by atoms with Crippen LogP contribution in [0.25, 0.3) is 0 Å². The van der Waals surface area contributed by atoms with E-state index in [9.17, 15) is 0 Å². The molecule has 0 bridgehead atoms. The largest absolute Gasteiger partial charge is 0.493 e. The molecule has 0 aliphatic rings. The smallest absolute Gasteiger partial charge is 0.123 e. The van der Waals surface area contributed by atoms with Crippen LogP contribution in [0.15, 0.2) is 12.1 Å². The van der Waals surface area contributed by atoms with Gasteiger partial charge in [-0.15, -0.1) is 11.8 Å². The predicted molar refractivity (Wildman–Crippen MR) is 83.1 cm³/mol. The van der Waals surface area contributed by atoms with Crippen molar-refractivity contribution in [1.82, 2.24) is 0 Å². The summed E-state index contributed by atoms with van der Waals surface area (Å²) in [4.78, 5) is 0. The molecule has 1 aromatic carbocycles. The molecule has 0 spiro atoms. The number of rotatable bonds is 5.